The molecule has 13 atom stereocenters. The second-order valence-electron chi connectivity index (χ2n) is 14.8. The summed E-state index contributed by atoms with van der Waals surface area (Å²) in [7, 11) is 3.26. The van der Waals surface area contributed by atoms with Gasteiger partial charge in [-0.25, -0.2) is 4.98 Å². The number of hydrogen-bond acceptors (Lipinski definition) is 19. The van der Waals surface area contributed by atoms with E-state index in [1.54, 1.807) is 46.8 Å². The molecule has 3 unspecified atom stereocenters. The van der Waals surface area contributed by atoms with Crippen LogP contribution in [0.3, 0.4) is 0 Å². The minimum Gasteiger partial charge on any atom is -0.463 e. The van der Waals surface area contributed by atoms with E-state index in [4.69, 9.17) is 37.9 Å². The molecule has 17 nitrogen and oxygen atoms in total. The van der Waals surface area contributed by atoms with Crippen LogP contribution in [0.1, 0.15) is 50.5 Å². The first kappa shape index (κ1) is 46.6. The van der Waals surface area contributed by atoms with Crippen LogP contribution in [0.4, 0.5) is 0 Å². The second-order valence-corrected chi connectivity index (χ2v) is 17.2. The van der Waals surface area contributed by atoms with Crippen molar-refractivity contribution in [3.8, 4) is 6.07 Å². The van der Waals surface area contributed by atoms with Crippen LogP contribution >= 0.6 is 21.6 Å². The number of aliphatic hydroxyl groups excluding tert-OH is 6. The van der Waals surface area contributed by atoms with Gasteiger partial charge in [0.25, 0.3) is 0 Å². The number of nitrogens with zero attached hydrogens (tertiary/aromatic N) is 2. The van der Waals surface area contributed by atoms with Gasteiger partial charge in [0.15, 0.2) is 18.9 Å². The normalized spacial score (nSPS) is 31.1. The van der Waals surface area contributed by atoms with Crippen LogP contribution in [-0.4, -0.2) is 155 Å². The molecule has 0 radical (unpaired) electrons. The molecule has 1 aromatic heterocycles. The van der Waals surface area contributed by atoms with Gasteiger partial charge in [0.1, 0.15) is 60.5 Å². The smallest absolute Gasteiger partial charge is 0.308 e. The van der Waals surface area contributed by atoms with Crippen molar-refractivity contribution in [3.63, 3.8) is 0 Å². The molecule has 0 saturated carbocycles. The molecule has 4 heterocycles. The van der Waals surface area contributed by atoms with E-state index in [1.807, 2.05) is 44.2 Å². The highest BCUT2D eigenvalue weighted by Gasteiger charge is 2.52. The largest absolute Gasteiger partial charge is 0.463 e. The van der Waals surface area contributed by atoms with Crippen LogP contribution in [0.5, 0.6) is 0 Å². The lowest BCUT2D eigenvalue weighted by molar-refractivity contribution is -0.399. The van der Waals surface area contributed by atoms with Crippen LogP contribution in [0.15, 0.2) is 53.7 Å². The van der Waals surface area contributed by atoms with E-state index in [1.165, 1.54) is 0 Å². The summed E-state index contributed by atoms with van der Waals surface area (Å²) in [5, 5.41) is 72.8. The highest BCUT2D eigenvalue weighted by Crippen LogP contribution is 2.41. The quantitative estimate of drug-likeness (QED) is 0.0626. The first-order chi connectivity index (χ1) is 27.8. The molecule has 0 spiro atoms. The Morgan fingerprint density at radius 1 is 0.914 bits per heavy atom. The Balaban J connectivity index is 1.05. The Labute approximate surface area is 345 Å². The third-order valence-electron chi connectivity index (χ3n) is 10.1. The van der Waals surface area contributed by atoms with Gasteiger partial charge in [-0.05, 0) is 48.8 Å². The van der Waals surface area contributed by atoms with Crippen LogP contribution in [0, 0.1) is 22.7 Å². The minimum absolute atomic E-state index is 0.0791. The van der Waals surface area contributed by atoms with Gasteiger partial charge in [0.05, 0.1) is 57.0 Å². The van der Waals surface area contributed by atoms with Crippen molar-refractivity contribution in [1.82, 2.24) is 4.98 Å². The molecule has 0 amide bonds. The first-order valence-corrected chi connectivity index (χ1v) is 21.4. The van der Waals surface area contributed by atoms with Gasteiger partial charge < -0.3 is 68.5 Å². The molecule has 3 aliphatic rings. The number of esters is 1. The molecule has 19 heteroatoms. The monoisotopic (exact) mass is 854 g/mol. The molecule has 0 aliphatic carbocycles. The number of benzene rings is 1. The summed E-state index contributed by atoms with van der Waals surface area (Å²) in [6.45, 7) is 6.34. The Morgan fingerprint density at radius 2 is 1.60 bits per heavy atom. The van der Waals surface area contributed by atoms with E-state index < -0.39 is 91.6 Å². The standard InChI is InChI=1S/C39H54N2O15S2/c1-22(35(48)51-15-14-49-12-13-50-16-17-57-58-28-6-4-5-11-41-28)18-25(39(2,3)21-40)23-7-9-24(10-8-23)36-52-20-27-34(55-36)31(45)33(47)38(54-27)56-37-32(46)30(44)29(43)26(19-42)53-37/h4-11,22,25-27,29-34,36-38,42-47H,12-20H2,1-3H3/t22?,25?,26-,27-,29-,30+,31-,32-,33-,34-,36?,37-,38-/m1/s1. The third kappa shape index (κ3) is 12.3. The molecule has 6 N–H and O–H groups in total. The topological polar surface area (TPSA) is 249 Å². The molecule has 3 aliphatic heterocycles. The summed E-state index contributed by atoms with van der Waals surface area (Å²) >= 11 is 0. The lowest BCUT2D eigenvalue weighted by atomic mass is 9.72. The average Bonchev–Trinajstić information content (AvgIpc) is 3.23. The van der Waals surface area contributed by atoms with E-state index in [9.17, 15) is 40.7 Å². The highest BCUT2D eigenvalue weighted by atomic mass is 33.1. The Bertz CT molecular complexity index is 1590. The van der Waals surface area contributed by atoms with Crippen molar-refractivity contribution in [2.45, 2.75) is 106 Å². The number of nitriles is 1. The summed E-state index contributed by atoms with van der Waals surface area (Å²) in [6, 6.07) is 15.3. The summed E-state index contributed by atoms with van der Waals surface area (Å²) in [6.07, 6.45) is -13.4. The zero-order chi connectivity index (χ0) is 41.8. The number of fused-ring (bicyclic) bond motifs is 1. The van der Waals surface area contributed by atoms with Gasteiger partial charge in [0.2, 0.25) is 0 Å². The Morgan fingerprint density at radius 3 is 2.29 bits per heavy atom. The Kier molecular flexibility index (Phi) is 18.0. The summed E-state index contributed by atoms with van der Waals surface area (Å²) in [5.41, 5.74) is 0.562. The van der Waals surface area contributed by atoms with Gasteiger partial charge in [-0.15, -0.1) is 0 Å². The van der Waals surface area contributed by atoms with E-state index in [-0.39, 0.29) is 25.7 Å². The highest BCUT2D eigenvalue weighted by molar-refractivity contribution is 8.76. The number of hydrogen-bond donors (Lipinski definition) is 6. The number of ether oxygens (including phenoxy) is 8. The predicted molar refractivity (Wildman–Crippen MR) is 207 cm³/mol. The molecule has 5 rings (SSSR count). The van der Waals surface area contributed by atoms with Gasteiger partial charge in [-0.2, -0.15) is 5.26 Å². The first-order valence-electron chi connectivity index (χ1n) is 19.1. The Hall–Kier alpha value is -2.49. The van der Waals surface area contributed by atoms with Crippen molar-refractivity contribution in [3.05, 3.63) is 59.8 Å². The van der Waals surface area contributed by atoms with E-state index >= 15 is 0 Å². The van der Waals surface area contributed by atoms with Crippen LogP contribution in [0.2, 0.25) is 0 Å². The second kappa shape index (κ2) is 22.4. The molecule has 2 aromatic rings. The number of rotatable bonds is 20. The van der Waals surface area contributed by atoms with Crippen molar-refractivity contribution < 1.29 is 73.3 Å². The zero-order valence-corrected chi connectivity index (χ0v) is 34.2. The van der Waals surface area contributed by atoms with Crippen molar-refractivity contribution in [2.24, 2.45) is 11.3 Å². The lowest BCUT2D eigenvalue weighted by Gasteiger charge is -2.48. The molecule has 58 heavy (non-hydrogen) atoms. The maximum atomic E-state index is 12.9. The SMILES string of the molecule is CC(CC(c1ccc(C2OC[C@H]3O[C@H](O[C@H]4O[C@H](CO)[C@@H](O)[C@H](O)[C@H]4O)[C@H](O)[C@@H](O)[C@@H]3O2)cc1)C(C)(C)C#N)C(=O)OCCOCCOCCSSc1ccccn1. The summed E-state index contributed by atoms with van der Waals surface area (Å²) < 4.78 is 45.3. The fourth-order valence-corrected chi connectivity index (χ4v) is 8.43. The van der Waals surface area contributed by atoms with Crippen molar-refractivity contribution in [1.29, 1.82) is 5.26 Å². The van der Waals surface area contributed by atoms with Gasteiger partial charge >= 0.3 is 5.97 Å². The molecule has 322 valence electrons. The number of aliphatic hydroxyl groups is 6. The summed E-state index contributed by atoms with van der Waals surface area (Å²) in [5.74, 6) is -0.448. The average molecular weight is 855 g/mol. The molecule has 3 saturated heterocycles. The fourth-order valence-electron chi connectivity index (χ4n) is 6.69. The number of pyridine rings is 1. The van der Waals surface area contributed by atoms with E-state index in [0.29, 0.717) is 31.8 Å². The third-order valence-corrected chi connectivity index (χ3v) is 12.4. The number of carbonyl (C=O) groups excluding carboxylic acids is 1. The van der Waals surface area contributed by atoms with Gasteiger partial charge in [-0.1, -0.05) is 48.0 Å². The number of carbonyl (C=O) groups is 1. The zero-order valence-electron chi connectivity index (χ0n) is 32.6. The summed E-state index contributed by atoms with van der Waals surface area (Å²) in [4.78, 5) is 17.2. The maximum Gasteiger partial charge on any atom is 0.308 e. The number of aromatic nitrogens is 1. The van der Waals surface area contributed by atoms with Crippen molar-refractivity contribution >= 4 is 27.6 Å². The molecule has 3 fully saturated rings. The lowest BCUT2D eigenvalue weighted by Crippen LogP contribution is -2.65. The maximum absolute atomic E-state index is 12.9. The van der Waals surface area contributed by atoms with E-state index in [2.05, 4.69) is 11.1 Å². The van der Waals surface area contributed by atoms with Crippen LogP contribution < -0.4 is 0 Å². The molecular formula is C39H54N2O15S2. The fraction of sp³-hybridized carbons (Fsp3) is 0.667. The van der Waals surface area contributed by atoms with Gasteiger partial charge in [0, 0.05) is 23.4 Å². The van der Waals surface area contributed by atoms with Gasteiger partial charge in [-0.3, -0.25) is 4.79 Å². The molecule has 0 bridgehead atoms. The van der Waals surface area contributed by atoms with Crippen LogP contribution in [-0.2, 0) is 42.7 Å². The predicted octanol–water partition coefficient (Wildman–Crippen LogP) is 1.44. The molecule has 1 aromatic carbocycles. The van der Waals surface area contributed by atoms with E-state index in [0.717, 1.165) is 16.3 Å². The van der Waals surface area contributed by atoms with Crippen LogP contribution in [0.25, 0.3) is 0 Å². The van der Waals surface area contributed by atoms with Crippen molar-refractivity contribution in [2.75, 3.05) is 52.0 Å². The minimum atomic E-state index is -1.74. The molecular weight excluding hydrogens is 801 g/mol.